The van der Waals surface area contributed by atoms with Crippen molar-refractivity contribution in [2.75, 3.05) is 20.2 Å². The van der Waals surface area contributed by atoms with Crippen molar-refractivity contribution in [2.45, 2.75) is 25.6 Å². The van der Waals surface area contributed by atoms with E-state index in [1.807, 2.05) is 23.1 Å². The third-order valence-corrected chi connectivity index (χ3v) is 4.21. The van der Waals surface area contributed by atoms with E-state index in [4.69, 9.17) is 9.47 Å². The fourth-order valence-corrected chi connectivity index (χ4v) is 2.82. The first kappa shape index (κ1) is 16.5. The first-order valence-corrected chi connectivity index (χ1v) is 8.22. The number of likely N-dealkylation sites (tertiary alicyclic amines) is 1. The maximum absolute atomic E-state index is 12.5. The number of benzene rings is 1. The van der Waals surface area contributed by atoms with Gasteiger partial charge in [0, 0.05) is 19.2 Å². The minimum atomic E-state index is -0.0459. The van der Waals surface area contributed by atoms with Crippen LogP contribution in [0.5, 0.6) is 5.88 Å². The fraction of sp³-hybridized carbons (Fsp3) is 0.368. The molecule has 0 unspecified atom stereocenters. The van der Waals surface area contributed by atoms with Gasteiger partial charge >= 0.3 is 0 Å². The average molecular weight is 326 g/mol. The highest BCUT2D eigenvalue weighted by atomic mass is 16.5. The molecule has 1 aromatic heterocycles. The zero-order valence-corrected chi connectivity index (χ0v) is 13.9. The molecule has 1 aliphatic rings. The van der Waals surface area contributed by atoms with Crippen molar-refractivity contribution in [3.05, 3.63) is 59.8 Å². The Hall–Kier alpha value is -2.40. The predicted molar refractivity (Wildman–Crippen MR) is 90.9 cm³/mol. The number of ether oxygens (including phenoxy) is 2. The van der Waals surface area contributed by atoms with Gasteiger partial charge in [-0.05, 0) is 24.5 Å². The van der Waals surface area contributed by atoms with Crippen LogP contribution in [-0.4, -0.2) is 42.1 Å². The molecule has 0 N–H and O–H groups in total. The van der Waals surface area contributed by atoms with E-state index in [9.17, 15) is 4.79 Å². The van der Waals surface area contributed by atoms with Crippen molar-refractivity contribution in [1.82, 2.24) is 9.88 Å². The molecule has 0 atom stereocenters. The van der Waals surface area contributed by atoms with Gasteiger partial charge in [0.2, 0.25) is 5.88 Å². The number of pyridine rings is 1. The van der Waals surface area contributed by atoms with Crippen LogP contribution in [0.25, 0.3) is 0 Å². The predicted octanol–water partition coefficient (Wildman–Crippen LogP) is 2.91. The van der Waals surface area contributed by atoms with Crippen LogP contribution >= 0.6 is 0 Å². The van der Waals surface area contributed by atoms with Crippen molar-refractivity contribution in [3.63, 3.8) is 0 Å². The van der Waals surface area contributed by atoms with Crippen molar-refractivity contribution >= 4 is 5.91 Å². The molecule has 24 heavy (non-hydrogen) atoms. The van der Waals surface area contributed by atoms with E-state index in [1.54, 1.807) is 25.3 Å². The molecule has 0 spiro atoms. The van der Waals surface area contributed by atoms with Crippen molar-refractivity contribution in [2.24, 2.45) is 0 Å². The number of carbonyl (C=O) groups excluding carboxylic acids is 1. The first-order chi connectivity index (χ1) is 11.8. The van der Waals surface area contributed by atoms with Crippen molar-refractivity contribution in [3.8, 4) is 5.88 Å². The summed E-state index contributed by atoms with van der Waals surface area (Å²) in [7, 11) is 1.55. The Morgan fingerprint density at radius 3 is 2.58 bits per heavy atom. The lowest BCUT2D eigenvalue weighted by Crippen LogP contribution is -2.41. The molecular weight excluding hydrogens is 304 g/mol. The van der Waals surface area contributed by atoms with Gasteiger partial charge < -0.3 is 14.4 Å². The lowest BCUT2D eigenvalue weighted by molar-refractivity contribution is -0.000524. The SMILES string of the molecule is COc1cccc(C(=O)N2CCC(OCc3ccccc3)CC2)n1. The van der Waals surface area contributed by atoms with E-state index >= 15 is 0 Å². The number of hydrogen-bond donors (Lipinski definition) is 0. The normalized spacial score (nSPS) is 15.3. The fourth-order valence-electron chi connectivity index (χ4n) is 2.82. The van der Waals surface area contributed by atoms with E-state index in [-0.39, 0.29) is 12.0 Å². The summed E-state index contributed by atoms with van der Waals surface area (Å²) in [4.78, 5) is 18.6. The number of amides is 1. The van der Waals surface area contributed by atoms with E-state index in [0.717, 1.165) is 12.8 Å². The average Bonchev–Trinajstić information content (AvgIpc) is 2.67. The van der Waals surface area contributed by atoms with Gasteiger partial charge in [0.1, 0.15) is 5.69 Å². The number of aromatic nitrogens is 1. The summed E-state index contributed by atoms with van der Waals surface area (Å²) < 4.78 is 11.0. The molecule has 0 saturated carbocycles. The highest BCUT2D eigenvalue weighted by Crippen LogP contribution is 2.18. The molecular formula is C19H22N2O3. The second-order valence-electron chi connectivity index (χ2n) is 5.85. The second-order valence-corrected chi connectivity index (χ2v) is 5.85. The Kier molecular flexibility index (Phi) is 5.43. The van der Waals surface area contributed by atoms with E-state index in [2.05, 4.69) is 17.1 Å². The van der Waals surface area contributed by atoms with Gasteiger partial charge in [-0.1, -0.05) is 36.4 Å². The summed E-state index contributed by atoms with van der Waals surface area (Å²) >= 11 is 0. The second kappa shape index (κ2) is 7.93. The van der Waals surface area contributed by atoms with E-state index < -0.39 is 0 Å². The van der Waals surface area contributed by atoms with Gasteiger partial charge in [0.25, 0.3) is 5.91 Å². The highest BCUT2D eigenvalue weighted by Gasteiger charge is 2.25. The number of piperidine rings is 1. The summed E-state index contributed by atoms with van der Waals surface area (Å²) in [5.74, 6) is 0.414. The third kappa shape index (κ3) is 4.11. The van der Waals surface area contributed by atoms with Gasteiger partial charge in [-0.15, -0.1) is 0 Å². The smallest absolute Gasteiger partial charge is 0.272 e. The van der Waals surface area contributed by atoms with Crippen LogP contribution in [0.15, 0.2) is 48.5 Å². The summed E-state index contributed by atoms with van der Waals surface area (Å²) in [5.41, 5.74) is 1.61. The van der Waals surface area contributed by atoms with Crippen LogP contribution in [-0.2, 0) is 11.3 Å². The molecule has 0 bridgehead atoms. The summed E-state index contributed by atoms with van der Waals surface area (Å²) in [6.45, 7) is 2.01. The molecule has 2 heterocycles. The standard InChI is InChI=1S/C19H22N2O3/c1-23-18-9-5-8-17(20-18)19(22)21-12-10-16(11-13-21)24-14-15-6-3-2-4-7-15/h2-9,16H,10-14H2,1H3. The molecule has 3 rings (SSSR count). The quantitative estimate of drug-likeness (QED) is 0.848. The molecule has 5 nitrogen and oxygen atoms in total. The number of hydrogen-bond acceptors (Lipinski definition) is 4. The maximum atomic E-state index is 12.5. The van der Waals surface area contributed by atoms with Crippen LogP contribution in [0.4, 0.5) is 0 Å². The third-order valence-electron chi connectivity index (χ3n) is 4.21. The van der Waals surface area contributed by atoms with Gasteiger partial charge in [-0.25, -0.2) is 4.98 Å². The largest absolute Gasteiger partial charge is 0.481 e. The Balaban J connectivity index is 1.50. The molecule has 5 heteroatoms. The summed E-state index contributed by atoms with van der Waals surface area (Å²) in [5, 5.41) is 0. The first-order valence-electron chi connectivity index (χ1n) is 8.22. The van der Waals surface area contributed by atoms with Crippen LogP contribution in [0.3, 0.4) is 0 Å². The monoisotopic (exact) mass is 326 g/mol. The number of nitrogens with zero attached hydrogens (tertiary/aromatic N) is 2. The van der Waals surface area contributed by atoms with Crippen LogP contribution in [0.2, 0.25) is 0 Å². The zero-order chi connectivity index (χ0) is 16.8. The number of carbonyl (C=O) groups is 1. The number of methoxy groups -OCH3 is 1. The van der Waals surface area contributed by atoms with Crippen LogP contribution in [0, 0.1) is 0 Å². The van der Waals surface area contributed by atoms with Crippen molar-refractivity contribution in [1.29, 1.82) is 0 Å². The topological polar surface area (TPSA) is 51.7 Å². The summed E-state index contributed by atoms with van der Waals surface area (Å²) in [6, 6.07) is 15.4. The van der Waals surface area contributed by atoms with Crippen LogP contribution in [0.1, 0.15) is 28.9 Å². The molecule has 1 amide bonds. The van der Waals surface area contributed by atoms with Gasteiger partial charge in [0.15, 0.2) is 0 Å². The van der Waals surface area contributed by atoms with Gasteiger partial charge in [-0.3, -0.25) is 4.79 Å². The number of rotatable bonds is 5. The molecule has 0 radical (unpaired) electrons. The van der Waals surface area contributed by atoms with Gasteiger partial charge in [0.05, 0.1) is 19.8 Å². The van der Waals surface area contributed by atoms with Crippen LogP contribution < -0.4 is 4.74 Å². The Morgan fingerprint density at radius 2 is 1.88 bits per heavy atom. The lowest BCUT2D eigenvalue weighted by atomic mass is 10.1. The molecule has 2 aromatic rings. The Morgan fingerprint density at radius 1 is 1.12 bits per heavy atom. The maximum Gasteiger partial charge on any atom is 0.272 e. The molecule has 126 valence electrons. The molecule has 1 aliphatic heterocycles. The minimum Gasteiger partial charge on any atom is -0.481 e. The van der Waals surface area contributed by atoms with Gasteiger partial charge in [-0.2, -0.15) is 0 Å². The van der Waals surface area contributed by atoms with E-state index in [0.29, 0.717) is 31.3 Å². The Labute approximate surface area is 142 Å². The molecule has 1 saturated heterocycles. The molecule has 1 fully saturated rings. The Bertz CT molecular complexity index is 667. The molecule has 1 aromatic carbocycles. The lowest BCUT2D eigenvalue weighted by Gasteiger charge is -2.31. The van der Waals surface area contributed by atoms with E-state index in [1.165, 1.54) is 5.56 Å². The highest BCUT2D eigenvalue weighted by molar-refractivity contribution is 5.92. The zero-order valence-electron chi connectivity index (χ0n) is 13.9. The minimum absolute atomic E-state index is 0.0459. The van der Waals surface area contributed by atoms with Crippen molar-refractivity contribution < 1.29 is 14.3 Å². The summed E-state index contributed by atoms with van der Waals surface area (Å²) in [6.07, 6.45) is 1.90. The molecule has 0 aliphatic carbocycles.